The maximum absolute atomic E-state index is 12.8. The van der Waals surface area contributed by atoms with Crippen LogP contribution in [-0.2, 0) is 0 Å². The summed E-state index contributed by atoms with van der Waals surface area (Å²) in [5.41, 5.74) is 3.05. The van der Waals surface area contributed by atoms with E-state index in [-0.39, 0.29) is 12.0 Å². The number of aromatic nitrogens is 2. The molecule has 1 atom stereocenters. The highest BCUT2D eigenvalue weighted by Gasteiger charge is 2.26. The van der Waals surface area contributed by atoms with Crippen LogP contribution in [0.1, 0.15) is 34.3 Å². The lowest BCUT2D eigenvalue weighted by molar-refractivity contribution is 0.0525. The number of amides is 1. The van der Waals surface area contributed by atoms with E-state index in [4.69, 9.17) is 9.47 Å². The second kappa shape index (κ2) is 7.51. The molecule has 0 spiro atoms. The molecule has 1 aromatic heterocycles. The number of hydrogen-bond donors (Lipinski definition) is 0. The summed E-state index contributed by atoms with van der Waals surface area (Å²) in [6, 6.07) is 9.29. The Balaban J connectivity index is 1.65. The molecule has 0 radical (unpaired) electrons. The zero-order valence-corrected chi connectivity index (χ0v) is 14.9. The van der Waals surface area contributed by atoms with Gasteiger partial charge in [-0.15, -0.1) is 10.2 Å². The average Bonchev–Trinajstić information content (AvgIpc) is 2.64. The largest absolute Gasteiger partial charge is 0.480 e. The highest BCUT2D eigenvalue weighted by molar-refractivity contribution is 5.94. The van der Waals surface area contributed by atoms with Crippen LogP contribution in [-0.4, -0.2) is 47.3 Å². The Labute approximate surface area is 147 Å². The van der Waals surface area contributed by atoms with Crippen molar-refractivity contribution < 1.29 is 14.3 Å². The molecule has 1 fully saturated rings. The first-order valence-electron chi connectivity index (χ1n) is 8.47. The Bertz CT molecular complexity index is 746. The second-order valence-electron chi connectivity index (χ2n) is 6.35. The van der Waals surface area contributed by atoms with Gasteiger partial charge in [0.15, 0.2) is 0 Å². The smallest absolute Gasteiger partial charge is 0.253 e. The lowest BCUT2D eigenvalue weighted by atomic mass is 10.0. The van der Waals surface area contributed by atoms with E-state index in [1.807, 2.05) is 36.9 Å². The SMILES string of the molecule is COc1ccc(OC2CCCN(C(=O)c3ccc(C)c(C)c3)C2)nn1. The number of carbonyl (C=O) groups excluding carboxylic acids is 1. The van der Waals surface area contributed by atoms with Crippen molar-refractivity contribution in [2.45, 2.75) is 32.8 Å². The van der Waals surface area contributed by atoms with Crippen LogP contribution in [0.15, 0.2) is 30.3 Å². The average molecular weight is 341 g/mol. The summed E-state index contributed by atoms with van der Waals surface area (Å²) in [5, 5.41) is 7.90. The number of ether oxygens (including phenoxy) is 2. The van der Waals surface area contributed by atoms with Crippen molar-refractivity contribution in [2.24, 2.45) is 0 Å². The molecule has 0 bridgehead atoms. The minimum absolute atomic E-state index is 0.0530. The lowest BCUT2D eigenvalue weighted by Crippen LogP contribution is -2.44. The van der Waals surface area contributed by atoms with Crippen LogP contribution in [0, 0.1) is 13.8 Å². The summed E-state index contributed by atoms with van der Waals surface area (Å²) in [6.45, 7) is 5.38. The fourth-order valence-electron chi connectivity index (χ4n) is 2.93. The topological polar surface area (TPSA) is 64.6 Å². The van der Waals surface area contributed by atoms with Crippen LogP contribution < -0.4 is 9.47 Å². The lowest BCUT2D eigenvalue weighted by Gasteiger charge is -2.32. The third kappa shape index (κ3) is 4.07. The third-order valence-corrected chi connectivity index (χ3v) is 4.53. The first kappa shape index (κ1) is 17.2. The first-order chi connectivity index (χ1) is 12.1. The maximum atomic E-state index is 12.8. The number of likely N-dealkylation sites (tertiary alicyclic amines) is 1. The molecule has 1 aromatic carbocycles. The quantitative estimate of drug-likeness (QED) is 0.855. The molecular weight excluding hydrogens is 318 g/mol. The van der Waals surface area contributed by atoms with Crippen molar-refractivity contribution in [3.63, 3.8) is 0 Å². The second-order valence-corrected chi connectivity index (χ2v) is 6.35. The Hall–Kier alpha value is -2.63. The van der Waals surface area contributed by atoms with Gasteiger partial charge in [0.25, 0.3) is 5.91 Å². The molecule has 2 heterocycles. The summed E-state index contributed by atoms with van der Waals surface area (Å²) in [6.07, 6.45) is 1.72. The van der Waals surface area contributed by atoms with E-state index in [2.05, 4.69) is 10.2 Å². The van der Waals surface area contributed by atoms with Gasteiger partial charge < -0.3 is 14.4 Å². The van der Waals surface area contributed by atoms with Crippen molar-refractivity contribution in [3.05, 3.63) is 47.0 Å². The molecule has 1 aliphatic heterocycles. The highest BCUT2D eigenvalue weighted by atomic mass is 16.5. The number of methoxy groups -OCH3 is 1. The monoisotopic (exact) mass is 341 g/mol. The number of benzene rings is 1. The van der Waals surface area contributed by atoms with Crippen LogP contribution >= 0.6 is 0 Å². The maximum Gasteiger partial charge on any atom is 0.253 e. The number of aryl methyl sites for hydroxylation is 2. The van der Waals surface area contributed by atoms with Gasteiger partial charge in [0.05, 0.1) is 13.7 Å². The molecule has 3 rings (SSSR count). The molecule has 2 aromatic rings. The Morgan fingerprint density at radius 2 is 1.88 bits per heavy atom. The van der Waals surface area contributed by atoms with E-state index in [0.29, 0.717) is 18.3 Å². The van der Waals surface area contributed by atoms with E-state index in [1.54, 1.807) is 19.2 Å². The predicted molar refractivity (Wildman–Crippen MR) is 94.1 cm³/mol. The van der Waals surface area contributed by atoms with E-state index >= 15 is 0 Å². The molecule has 1 aliphatic rings. The zero-order chi connectivity index (χ0) is 17.8. The molecule has 1 amide bonds. The van der Waals surface area contributed by atoms with E-state index < -0.39 is 0 Å². The molecule has 1 saturated heterocycles. The predicted octanol–water partition coefficient (Wildman–Crippen LogP) is 2.79. The fraction of sp³-hybridized carbons (Fsp3) is 0.421. The van der Waals surface area contributed by atoms with Crippen LogP contribution in [0.5, 0.6) is 11.8 Å². The number of hydrogen-bond acceptors (Lipinski definition) is 5. The van der Waals surface area contributed by atoms with Gasteiger partial charge in [0.2, 0.25) is 11.8 Å². The number of carbonyl (C=O) groups is 1. The summed E-state index contributed by atoms with van der Waals surface area (Å²) in [7, 11) is 1.54. The van der Waals surface area contributed by atoms with Crippen molar-refractivity contribution >= 4 is 5.91 Å². The van der Waals surface area contributed by atoms with Gasteiger partial charge >= 0.3 is 0 Å². The van der Waals surface area contributed by atoms with Crippen LogP contribution in [0.3, 0.4) is 0 Å². The molecule has 0 aliphatic carbocycles. The Morgan fingerprint density at radius 3 is 2.56 bits per heavy atom. The van der Waals surface area contributed by atoms with Gasteiger partial charge in [0.1, 0.15) is 6.10 Å². The van der Waals surface area contributed by atoms with E-state index in [1.165, 1.54) is 5.56 Å². The van der Waals surface area contributed by atoms with Gasteiger partial charge in [0, 0.05) is 24.2 Å². The summed E-state index contributed by atoms with van der Waals surface area (Å²) < 4.78 is 10.9. The minimum atomic E-state index is -0.0769. The number of rotatable bonds is 4. The number of nitrogens with zero attached hydrogens (tertiary/aromatic N) is 3. The van der Waals surface area contributed by atoms with Crippen molar-refractivity contribution in [2.75, 3.05) is 20.2 Å². The van der Waals surface area contributed by atoms with Crippen LogP contribution in [0.2, 0.25) is 0 Å². The highest BCUT2D eigenvalue weighted by Crippen LogP contribution is 2.20. The third-order valence-electron chi connectivity index (χ3n) is 4.53. The van der Waals surface area contributed by atoms with Gasteiger partial charge in [-0.2, -0.15) is 0 Å². The Morgan fingerprint density at radius 1 is 1.12 bits per heavy atom. The van der Waals surface area contributed by atoms with Crippen LogP contribution in [0.4, 0.5) is 0 Å². The van der Waals surface area contributed by atoms with Gasteiger partial charge in [-0.1, -0.05) is 6.07 Å². The van der Waals surface area contributed by atoms with E-state index in [9.17, 15) is 4.79 Å². The summed E-state index contributed by atoms with van der Waals surface area (Å²) in [4.78, 5) is 14.6. The standard InChI is InChI=1S/C19H23N3O3/c1-13-6-7-15(11-14(13)2)19(23)22-10-4-5-16(12-22)25-18-9-8-17(24-3)20-21-18/h6-9,11,16H,4-5,10,12H2,1-3H3. The van der Waals surface area contributed by atoms with Gasteiger partial charge in [-0.05, 0) is 49.9 Å². The minimum Gasteiger partial charge on any atom is -0.480 e. The first-order valence-corrected chi connectivity index (χ1v) is 8.47. The normalized spacial score (nSPS) is 17.2. The Kier molecular flexibility index (Phi) is 5.16. The molecule has 1 unspecified atom stereocenters. The molecule has 0 saturated carbocycles. The van der Waals surface area contributed by atoms with Crippen molar-refractivity contribution in [1.82, 2.24) is 15.1 Å². The van der Waals surface area contributed by atoms with E-state index in [0.717, 1.165) is 30.5 Å². The van der Waals surface area contributed by atoms with Crippen LogP contribution in [0.25, 0.3) is 0 Å². The summed E-state index contributed by atoms with van der Waals surface area (Å²) >= 11 is 0. The summed E-state index contributed by atoms with van der Waals surface area (Å²) in [5.74, 6) is 0.950. The molecule has 25 heavy (non-hydrogen) atoms. The molecular formula is C19H23N3O3. The van der Waals surface area contributed by atoms with Gasteiger partial charge in [-0.3, -0.25) is 4.79 Å². The van der Waals surface area contributed by atoms with Gasteiger partial charge in [-0.25, -0.2) is 0 Å². The fourth-order valence-corrected chi connectivity index (χ4v) is 2.93. The van der Waals surface area contributed by atoms with Crippen molar-refractivity contribution in [1.29, 1.82) is 0 Å². The molecule has 0 N–H and O–H groups in total. The van der Waals surface area contributed by atoms with Crippen molar-refractivity contribution in [3.8, 4) is 11.8 Å². The molecule has 132 valence electrons. The molecule has 6 heteroatoms. The molecule has 6 nitrogen and oxygen atoms in total. The number of piperidine rings is 1. The zero-order valence-electron chi connectivity index (χ0n) is 14.9.